The minimum Gasteiger partial charge on any atom is -0.289 e. The third-order valence-corrected chi connectivity index (χ3v) is 4.42. The molecule has 108 valence electrons. The number of carbonyl (C=O) groups excluding carboxylic acids is 1. The number of rotatable bonds is 2. The van der Waals surface area contributed by atoms with E-state index < -0.39 is 0 Å². The summed E-state index contributed by atoms with van der Waals surface area (Å²) in [5, 5.41) is 11.7. The van der Waals surface area contributed by atoms with E-state index >= 15 is 0 Å². The van der Waals surface area contributed by atoms with Crippen LogP contribution in [0.4, 0.5) is 0 Å². The lowest BCUT2D eigenvalue weighted by Crippen LogP contribution is -2.09. The van der Waals surface area contributed by atoms with Gasteiger partial charge in [0.1, 0.15) is 0 Å². The highest BCUT2D eigenvalue weighted by molar-refractivity contribution is 7.03. The fraction of sp³-hybridized carbons (Fsp3) is 0.357. The van der Waals surface area contributed by atoms with Gasteiger partial charge in [-0.25, -0.2) is 0 Å². The average molecular weight is 318 g/mol. The maximum Gasteiger partial charge on any atom is 0.185 e. The Morgan fingerprint density at radius 1 is 0.857 bits per heavy atom. The molecule has 2 aromatic rings. The molecule has 1 aliphatic carbocycles. The summed E-state index contributed by atoms with van der Waals surface area (Å²) >= 11 is 2.59. The van der Waals surface area contributed by atoms with Gasteiger partial charge in [-0.3, -0.25) is 4.79 Å². The Kier molecular flexibility index (Phi) is 4.62. The molecule has 5 nitrogen and oxygen atoms in total. The minimum atomic E-state index is 0.107. The second-order valence-electron chi connectivity index (χ2n) is 4.89. The van der Waals surface area contributed by atoms with Crippen LogP contribution in [0.1, 0.15) is 43.5 Å². The number of nitrogens with zero attached hydrogens (tertiary/aromatic N) is 4. The Morgan fingerprint density at radius 3 is 1.81 bits per heavy atom. The smallest absolute Gasteiger partial charge is 0.185 e. The molecular weight excluding hydrogens is 304 g/mol. The van der Waals surface area contributed by atoms with Gasteiger partial charge in [0.25, 0.3) is 0 Å². The van der Waals surface area contributed by atoms with Crippen molar-refractivity contribution in [2.45, 2.75) is 32.1 Å². The maximum atomic E-state index is 12.7. The summed E-state index contributed by atoms with van der Waals surface area (Å²) in [6, 6.07) is 0. The molecular formula is C14H14N4OS2. The number of allylic oxidation sites excluding steroid dienone is 2. The van der Waals surface area contributed by atoms with Crippen molar-refractivity contribution in [1.82, 2.24) is 19.2 Å². The monoisotopic (exact) mass is 318 g/mol. The molecule has 0 radical (unpaired) electrons. The molecule has 0 spiro atoms. The predicted molar refractivity (Wildman–Crippen MR) is 83.9 cm³/mol. The van der Waals surface area contributed by atoms with E-state index in [9.17, 15) is 4.79 Å². The zero-order valence-electron chi connectivity index (χ0n) is 11.4. The van der Waals surface area contributed by atoms with Gasteiger partial charge in [0.2, 0.25) is 0 Å². The van der Waals surface area contributed by atoms with E-state index in [0.29, 0.717) is 0 Å². The number of hydrogen-bond acceptors (Lipinski definition) is 7. The molecule has 0 aliphatic heterocycles. The van der Waals surface area contributed by atoms with Crippen LogP contribution in [0.25, 0.3) is 12.2 Å². The van der Waals surface area contributed by atoms with Crippen LogP contribution >= 0.6 is 23.1 Å². The lowest BCUT2D eigenvalue weighted by atomic mass is 9.90. The van der Waals surface area contributed by atoms with Crippen LogP contribution < -0.4 is 0 Å². The van der Waals surface area contributed by atoms with E-state index in [1.165, 1.54) is 23.1 Å². The first-order valence-electron chi connectivity index (χ1n) is 6.83. The van der Waals surface area contributed by atoms with E-state index in [2.05, 4.69) is 19.2 Å². The number of ketones is 1. The van der Waals surface area contributed by atoms with Crippen LogP contribution in [0, 0.1) is 0 Å². The molecule has 1 fully saturated rings. The van der Waals surface area contributed by atoms with Crippen molar-refractivity contribution in [2.24, 2.45) is 0 Å². The van der Waals surface area contributed by atoms with Crippen LogP contribution in [-0.2, 0) is 4.79 Å². The predicted octanol–water partition coefficient (Wildman–Crippen LogP) is 3.39. The molecule has 0 saturated heterocycles. The summed E-state index contributed by atoms with van der Waals surface area (Å²) in [5.41, 5.74) is 3.16. The standard InChI is InChI=1S/C14H14N4OS2/c19-14-10(6-12-8-20-17-15-12)4-2-1-3-5-11(14)7-13-9-21-18-16-13/h6-9H,1-5H2/b10-6-,11-7+. The normalized spacial score (nSPS) is 20.7. The van der Waals surface area contributed by atoms with Crippen LogP contribution in [0.5, 0.6) is 0 Å². The van der Waals surface area contributed by atoms with Crippen molar-refractivity contribution in [3.05, 3.63) is 33.3 Å². The Bertz CT molecular complexity index is 603. The van der Waals surface area contributed by atoms with Gasteiger partial charge in [0, 0.05) is 21.9 Å². The molecule has 1 saturated carbocycles. The van der Waals surface area contributed by atoms with Crippen molar-refractivity contribution in [2.75, 3.05) is 0 Å². The van der Waals surface area contributed by atoms with Gasteiger partial charge in [-0.05, 0) is 60.9 Å². The van der Waals surface area contributed by atoms with Gasteiger partial charge in [0.05, 0.1) is 11.4 Å². The van der Waals surface area contributed by atoms with Crippen molar-refractivity contribution >= 4 is 41.0 Å². The lowest BCUT2D eigenvalue weighted by Gasteiger charge is -2.13. The highest BCUT2D eigenvalue weighted by atomic mass is 32.1. The Hall–Kier alpha value is -1.73. The molecule has 2 aromatic heterocycles. The van der Waals surface area contributed by atoms with Gasteiger partial charge in [-0.15, -0.1) is 10.2 Å². The highest BCUT2D eigenvalue weighted by Gasteiger charge is 2.18. The van der Waals surface area contributed by atoms with Gasteiger partial charge in [-0.2, -0.15) is 0 Å². The van der Waals surface area contributed by atoms with Crippen molar-refractivity contribution < 1.29 is 4.79 Å². The van der Waals surface area contributed by atoms with E-state index in [1.54, 1.807) is 0 Å². The zero-order valence-corrected chi connectivity index (χ0v) is 13.0. The molecule has 0 atom stereocenters. The third kappa shape index (κ3) is 3.68. The molecule has 2 heterocycles. The number of Topliss-reactive ketones (excluding diaryl/α,β-unsaturated/α-hetero) is 1. The number of hydrogen-bond donors (Lipinski definition) is 0. The van der Waals surface area contributed by atoms with Crippen molar-refractivity contribution in [3.63, 3.8) is 0 Å². The summed E-state index contributed by atoms with van der Waals surface area (Å²) in [6.45, 7) is 0. The molecule has 7 heteroatoms. The Balaban J connectivity index is 1.91. The lowest BCUT2D eigenvalue weighted by molar-refractivity contribution is -0.112. The van der Waals surface area contributed by atoms with Gasteiger partial charge in [-0.1, -0.05) is 15.4 Å². The van der Waals surface area contributed by atoms with E-state index in [0.717, 1.165) is 54.6 Å². The maximum absolute atomic E-state index is 12.7. The van der Waals surface area contributed by atoms with Crippen molar-refractivity contribution in [1.29, 1.82) is 0 Å². The second kappa shape index (κ2) is 6.82. The Labute approximate surface area is 130 Å². The summed E-state index contributed by atoms with van der Waals surface area (Å²) in [6.07, 6.45) is 8.54. The number of carbonyl (C=O) groups is 1. The van der Waals surface area contributed by atoms with Crippen molar-refractivity contribution in [3.8, 4) is 0 Å². The summed E-state index contributed by atoms with van der Waals surface area (Å²) in [4.78, 5) is 12.7. The topological polar surface area (TPSA) is 68.6 Å². The largest absolute Gasteiger partial charge is 0.289 e. The zero-order chi connectivity index (χ0) is 14.5. The van der Waals surface area contributed by atoms with Gasteiger partial charge >= 0.3 is 0 Å². The quantitative estimate of drug-likeness (QED) is 0.794. The molecule has 0 unspecified atom stereocenters. The van der Waals surface area contributed by atoms with E-state index in [1.807, 2.05) is 22.9 Å². The van der Waals surface area contributed by atoms with Crippen LogP contribution in [0.2, 0.25) is 0 Å². The SMILES string of the molecule is O=C1/C(=C\c2csnn2)CCCCC/C1=C\c1csnn1. The minimum absolute atomic E-state index is 0.107. The fourth-order valence-electron chi connectivity index (χ4n) is 2.34. The van der Waals surface area contributed by atoms with E-state index in [-0.39, 0.29) is 5.78 Å². The first-order chi connectivity index (χ1) is 10.3. The third-order valence-electron chi connectivity index (χ3n) is 3.37. The molecule has 3 rings (SSSR count). The molecule has 21 heavy (non-hydrogen) atoms. The molecule has 0 bridgehead atoms. The first-order valence-corrected chi connectivity index (χ1v) is 8.50. The summed E-state index contributed by atoms with van der Waals surface area (Å²) < 4.78 is 7.68. The van der Waals surface area contributed by atoms with Gasteiger partial charge < -0.3 is 0 Å². The first kappa shape index (κ1) is 14.2. The second-order valence-corrected chi connectivity index (χ2v) is 6.11. The van der Waals surface area contributed by atoms with Crippen LogP contribution in [-0.4, -0.2) is 25.0 Å². The molecule has 1 aliphatic rings. The fourth-order valence-corrected chi connectivity index (χ4v) is 3.17. The summed E-state index contributed by atoms with van der Waals surface area (Å²) in [7, 11) is 0. The summed E-state index contributed by atoms with van der Waals surface area (Å²) in [5.74, 6) is 0.107. The molecule has 0 N–H and O–H groups in total. The van der Waals surface area contributed by atoms with Crippen LogP contribution in [0.3, 0.4) is 0 Å². The van der Waals surface area contributed by atoms with Crippen LogP contribution in [0.15, 0.2) is 21.9 Å². The molecule has 0 aromatic carbocycles. The van der Waals surface area contributed by atoms with Gasteiger partial charge in [0.15, 0.2) is 5.78 Å². The highest BCUT2D eigenvalue weighted by Crippen LogP contribution is 2.26. The van der Waals surface area contributed by atoms with E-state index in [4.69, 9.17) is 0 Å². The molecule has 0 amide bonds. The average Bonchev–Trinajstić information content (AvgIpc) is 3.15. The Morgan fingerprint density at radius 2 is 1.38 bits per heavy atom. The number of aromatic nitrogens is 4.